The van der Waals surface area contributed by atoms with Crippen LogP contribution in [-0.2, 0) is 0 Å². The SMILES string of the molecule is c1ccc2cc3c(cc2c1)c1c2c4ccccc4c4ccccc4c2ccc1n3-c1nc(-c2ccc3c(c2)oc2ccccc23)c2c(n1)sc1ccccc12.c1ccc2cc3c(cc2c1)c1c2c4ccccc4c4ccccc4c2ccc1n3-c1nc(-c2cccc3oc4ccccc4c23)c2ccc3ccccc3c2n1. The molecule has 0 aliphatic rings. The number of para-hydroxylation sites is 2. The van der Waals surface area contributed by atoms with Crippen LogP contribution in [0, 0.1) is 0 Å². The summed E-state index contributed by atoms with van der Waals surface area (Å²) in [6, 6.07) is 122. The van der Waals surface area contributed by atoms with Gasteiger partial charge in [0.05, 0.1) is 39.0 Å². The zero-order valence-corrected chi connectivity index (χ0v) is 60.1. The molecule has 0 amide bonds. The average Bonchev–Trinajstić information content (AvgIpc) is 1.57. The highest BCUT2D eigenvalue weighted by molar-refractivity contribution is 7.25. The van der Waals surface area contributed by atoms with Gasteiger partial charge in [-0.1, -0.05) is 261 Å². The smallest absolute Gasteiger partial charge is 0.236 e. The van der Waals surface area contributed by atoms with Gasteiger partial charge in [-0.3, -0.25) is 9.13 Å². The lowest BCUT2D eigenvalue weighted by Crippen LogP contribution is -2.04. The zero-order chi connectivity index (χ0) is 72.3. The first-order chi connectivity index (χ1) is 55.0. The van der Waals surface area contributed by atoms with Crippen LogP contribution in [0.25, 0.3) is 250 Å². The van der Waals surface area contributed by atoms with Crippen molar-refractivity contribution in [1.29, 1.82) is 0 Å². The third-order valence-electron chi connectivity index (χ3n) is 23.5. The van der Waals surface area contributed by atoms with E-state index in [1.54, 1.807) is 11.3 Å². The van der Waals surface area contributed by atoms with E-state index in [-0.39, 0.29) is 0 Å². The van der Waals surface area contributed by atoms with Crippen molar-refractivity contribution in [2.75, 3.05) is 0 Å². The summed E-state index contributed by atoms with van der Waals surface area (Å²) in [5.41, 5.74) is 12.4. The maximum absolute atomic E-state index is 6.41. The number of rotatable bonds is 4. The van der Waals surface area contributed by atoms with Gasteiger partial charge in [0.25, 0.3) is 0 Å². The lowest BCUT2D eigenvalue weighted by molar-refractivity contribution is 0.668. The molecule has 0 atom stereocenters. The van der Waals surface area contributed by atoms with Crippen molar-refractivity contribution in [2.24, 2.45) is 0 Å². The van der Waals surface area contributed by atoms with E-state index in [0.29, 0.717) is 11.9 Å². The van der Waals surface area contributed by atoms with Crippen LogP contribution in [0.2, 0.25) is 0 Å². The second-order valence-corrected chi connectivity index (χ2v) is 30.4. The summed E-state index contributed by atoms with van der Waals surface area (Å²) in [5.74, 6) is 1.28. The van der Waals surface area contributed by atoms with Crippen LogP contribution in [-0.4, -0.2) is 29.1 Å². The second kappa shape index (κ2) is 22.9. The highest BCUT2D eigenvalue weighted by Gasteiger charge is 2.27. The van der Waals surface area contributed by atoms with Crippen LogP contribution >= 0.6 is 11.3 Å². The molecule has 0 N–H and O–H groups in total. The van der Waals surface area contributed by atoms with E-state index >= 15 is 0 Å². The molecular weight excluding hydrogens is 1370 g/mol. The molecule has 0 bridgehead atoms. The normalized spacial score (nSPS) is 12.3. The third kappa shape index (κ3) is 8.68. The molecule has 0 aliphatic carbocycles. The van der Waals surface area contributed by atoms with Gasteiger partial charge >= 0.3 is 0 Å². The summed E-state index contributed by atoms with van der Waals surface area (Å²) in [4.78, 5) is 23.2. The molecule has 0 saturated heterocycles. The fraction of sp³-hybridized carbons (Fsp3) is 0. The predicted octanol–water partition coefficient (Wildman–Crippen LogP) is 28.2. The van der Waals surface area contributed by atoms with Crippen LogP contribution in [0.1, 0.15) is 0 Å². The molecule has 7 heterocycles. The Balaban J connectivity index is 0.000000126. The van der Waals surface area contributed by atoms with Crippen molar-refractivity contribution in [3.8, 4) is 34.4 Å². The van der Waals surface area contributed by atoms with Gasteiger partial charge in [-0.2, -0.15) is 0 Å². The average molecular weight is 1430 g/mol. The van der Waals surface area contributed by atoms with Gasteiger partial charge in [0.2, 0.25) is 11.9 Å². The molecule has 9 heteroatoms. The summed E-state index contributed by atoms with van der Waals surface area (Å²) in [6.07, 6.45) is 0. The number of nitrogens with zero attached hydrogens (tertiary/aromatic N) is 6. The summed E-state index contributed by atoms with van der Waals surface area (Å²) in [6.45, 7) is 0. The number of fused-ring (bicyclic) bond motifs is 34. The van der Waals surface area contributed by atoms with Gasteiger partial charge in [0.15, 0.2) is 0 Å². The fourth-order valence-corrected chi connectivity index (χ4v) is 19.8. The molecule has 111 heavy (non-hydrogen) atoms. The Labute approximate surface area is 634 Å². The molecule has 0 saturated carbocycles. The number of benzene rings is 19. The minimum atomic E-state index is 0.633. The zero-order valence-electron chi connectivity index (χ0n) is 59.2. The molecule has 19 aromatic carbocycles. The lowest BCUT2D eigenvalue weighted by atomic mass is 9.91. The second-order valence-electron chi connectivity index (χ2n) is 29.3. The summed E-state index contributed by atoms with van der Waals surface area (Å²) >= 11 is 1.72. The number of hydrogen-bond acceptors (Lipinski definition) is 7. The van der Waals surface area contributed by atoms with Crippen LogP contribution in [0.15, 0.2) is 349 Å². The molecule has 26 aromatic rings. The summed E-state index contributed by atoms with van der Waals surface area (Å²) in [5, 5.41) is 34.3. The van der Waals surface area contributed by atoms with Crippen molar-refractivity contribution in [3.05, 3.63) is 340 Å². The fourth-order valence-electron chi connectivity index (χ4n) is 18.7. The molecule has 26 rings (SSSR count). The van der Waals surface area contributed by atoms with Crippen LogP contribution in [0.5, 0.6) is 0 Å². The van der Waals surface area contributed by atoms with E-state index in [9.17, 15) is 0 Å². The van der Waals surface area contributed by atoms with Gasteiger partial charge in [-0.15, -0.1) is 11.3 Å². The molecule has 0 unspecified atom stereocenters. The topological polar surface area (TPSA) is 87.7 Å². The summed E-state index contributed by atoms with van der Waals surface area (Å²) < 4.78 is 18.6. The minimum Gasteiger partial charge on any atom is -0.456 e. The highest BCUT2D eigenvalue weighted by Crippen LogP contribution is 2.50. The maximum Gasteiger partial charge on any atom is 0.236 e. The number of aromatic nitrogens is 6. The van der Waals surface area contributed by atoms with Crippen LogP contribution < -0.4 is 0 Å². The Morgan fingerprint density at radius 2 is 0.649 bits per heavy atom. The van der Waals surface area contributed by atoms with Gasteiger partial charge in [0, 0.05) is 91.2 Å². The molecule has 0 aliphatic heterocycles. The predicted molar refractivity (Wildman–Crippen MR) is 466 cm³/mol. The molecule has 512 valence electrons. The Hall–Kier alpha value is -14.6. The van der Waals surface area contributed by atoms with Crippen LogP contribution in [0.4, 0.5) is 0 Å². The van der Waals surface area contributed by atoms with Crippen molar-refractivity contribution in [3.63, 3.8) is 0 Å². The van der Waals surface area contributed by atoms with Gasteiger partial charge in [-0.25, -0.2) is 19.9 Å². The van der Waals surface area contributed by atoms with Crippen molar-refractivity contribution in [1.82, 2.24) is 29.1 Å². The number of furan rings is 2. The quantitative estimate of drug-likeness (QED) is 0.163. The standard InChI is InChI=1S/C52H29N3O.C50H27N3OS/c1-2-14-32-29-44-42(28-31(32)13-1)49-43(27-26-38-36-18-6-5-16-34(36)35-17-7-8-19-37(35)48(38)49)55(44)52-53-50-33-15-4-3-12-30(33)24-25-41(50)51(54-52)40-21-11-23-46-47(40)39-20-9-10-22-45(39)56-46;1-2-12-29-26-41-39(25-28(29)11-1)46-40(24-23-37-33-15-4-3-13-31(33)32-14-5-6-17-36(32)45(37)46)53(41)50-51-48(47-38-18-8-10-20-44(38)55-49(47)52-50)30-21-22-35-34-16-7-9-19-42(34)54-43(35)27-30/h1-29H;1-27H. The number of hydrogen-bond donors (Lipinski definition) is 0. The molecule has 0 spiro atoms. The number of thiophene rings is 1. The largest absolute Gasteiger partial charge is 0.456 e. The van der Waals surface area contributed by atoms with Crippen molar-refractivity contribution < 1.29 is 8.83 Å². The highest BCUT2D eigenvalue weighted by atomic mass is 32.1. The first kappa shape index (κ1) is 60.5. The van der Waals surface area contributed by atoms with Gasteiger partial charge < -0.3 is 8.83 Å². The van der Waals surface area contributed by atoms with E-state index in [0.717, 1.165) is 126 Å². The molecule has 0 fully saturated rings. The molecule has 0 radical (unpaired) electrons. The van der Waals surface area contributed by atoms with Crippen LogP contribution in [0.3, 0.4) is 0 Å². The maximum atomic E-state index is 6.41. The van der Waals surface area contributed by atoms with E-state index in [1.807, 2.05) is 24.3 Å². The molecule has 7 aromatic heterocycles. The Morgan fingerprint density at radius 3 is 1.25 bits per heavy atom. The van der Waals surface area contributed by atoms with Gasteiger partial charge in [0.1, 0.15) is 27.2 Å². The van der Waals surface area contributed by atoms with Gasteiger partial charge in [-0.05, 0) is 160 Å². The lowest BCUT2D eigenvalue weighted by Gasteiger charge is -2.14. The first-order valence-corrected chi connectivity index (χ1v) is 38.5. The molecular formula is C102H56N6O2S. The summed E-state index contributed by atoms with van der Waals surface area (Å²) in [7, 11) is 0. The van der Waals surface area contributed by atoms with Crippen molar-refractivity contribution >= 4 is 227 Å². The minimum absolute atomic E-state index is 0.633. The monoisotopic (exact) mass is 1430 g/mol. The molecule has 8 nitrogen and oxygen atoms in total. The Bertz CT molecular complexity index is 8560. The van der Waals surface area contributed by atoms with E-state index in [1.165, 1.54) is 112 Å². The third-order valence-corrected chi connectivity index (χ3v) is 24.6. The van der Waals surface area contributed by atoms with Crippen molar-refractivity contribution in [2.45, 2.75) is 0 Å². The first-order valence-electron chi connectivity index (χ1n) is 37.7. The Morgan fingerprint density at radius 1 is 0.225 bits per heavy atom. The Kier molecular flexibility index (Phi) is 12.5. The van der Waals surface area contributed by atoms with E-state index in [4.69, 9.17) is 28.8 Å². The van der Waals surface area contributed by atoms with E-state index in [2.05, 4.69) is 325 Å². The van der Waals surface area contributed by atoms with E-state index < -0.39 is 0 Å².